The number of hydrogen-bond donors (Lipinski definition) is 0. The number of halogens is 1. The second-order valence-corrected chi connectivity index (χ2v) is 6.62. The Morgan fingerprint density at radius 2 is 1.09 bits per heavy atom. The van der Waals surface area contributed by atoms with E-state index < -0.39 is 0 Å². The molecule has 1 aliphatic rings. The number of nitrogens with zero attached hydrogens (tertiary/aromatic N) is 1. The first-order chi connectivity index (χ1) is 11.3. The number of benzene rings is 4. The van der Waals surface area contributed by atoms with Gasteiger partial charge in [0.25, 0.3) is 0 Å². The lowest BCUT2D eigenvalue weighted by molar-refractivity contribution is 0.491. The highest BCUT2D eigenvalue weighted by atomic mass is 127. The molecule has 0 fully saturated rings. The molecule has 3 heteroatoms. The van der Waals surface area contributed by atoms with Gasteiger partial charge in [0.1, 0.15) is 0 Å². The van der Waals surface area contributed by atoms with Gasteiger partial charge in [-0.1, -0.05) is 60.7 Å². The third kappa shape index (κ3) is 1.86. The second kappa shape index (κ2) is 4.86. The zero-order chi connectivity index (χ0) is 15.4. The van der Waals surface area contributed by atoms with E-state index in [1.807, 2.05) is 0 Å². The summed E-state index contributed by atoms with van der Waals surface area (Å²) in [4.78, 5) is 0. The van der Waals surface area contributed by atoms with Crippen molar-refractivity contribution in [3.63, 3.8) is 0 Å². The van der Waals surface area contributed by atoms with Crippen LogP contribution >= 0.6 is 22.9 Å². The Hall–Kier alpha value is -2.27. The van der Waals surface area contributed by atoms with Gasteiger partial charge in [-0.3, -0.25) is 3.11 Å². The van der Waals surface area contributed by atoms with Gasteiger partial charge in [0.05, 0.1) is 34.2 Å². The minimum Gasteiger partial charge on any atom is -0.452 e. The predicted octanol–water partition coefficient (Wildman–Crippen LogP) is 6.59. The molecule has 0 bridgehead atoms. The summed E-state index contributed by atoms with van der Waals surface area (Å²) in [6.45, 7) is 0. The van der Waals surface area contributed by atoms with Crippen molar-refractivity contribution in [2.75, 3.05) is 3.11 Å². The molecule has 0 aliphatic carbocycles. The minimum absolute atomic E-state index is 0.932. The van der Waals surface area contributed by atoms with Gasteiger partial charge in [-0.05, 0) is 22.9 Å². The van der Waals surface area contributed by atoms with Gasteiger partial charge in [0.2, 0.25) is 0 Å². The van der Waals surface area contributed by atoms with Gasteiger partial charge in [0, 0.05) is 10.8 Å². The molecule has 1 heterocycles. The number of ether oxygens (including phenoxy) is 1. The molecule has 1 aliphatic heterocycles. The molecule has 0 saturated heterocycles. The smallest absolute Gasteiger partial charge is 0.159 e. The summed E-state index contributed by atoms with van der Waals surface area (Å²) >= 11 is 2.36. The predicted molar refractivity (Wildman–Crippen MR) is 104 cm³/mol. The average molecular weight is 409 g/mol. The maximum atomic E-state index is 6.43. The van der Waals surface area contributed by atoms with Crippen LogP contribution in [0.1, 0.15) is 0 Å². The zero-order valence-corrected chi connectivity index (χ0v) is 14.3. The van der Waals surface area contributed by atoms with Crippen molar-refractivity contribution in [1.29, 1.82) is 0 Å². The highest BCUT2D eigenvalue weighted by Gasteiger charge is 2.26. The first kappa shape index (κ1) is 13.2. The van der Waals surface area contributed by atoms with E-state index in [1.54, 1.807) is 0 Å². The Bertz CT molecular complexity index is 988. The van der Waals surface area contributed by atoms with Crippen molar-refractivity contribution in [3.05, 3.63) is 72.8 Å². The molecule has 110 valence electrons. The topological polar surface area (TPSA) is 12.5 Å². The SMILES string of the molecule is IN1c2ccc3ccccc3c2Oc2c1ccc1ccccc21. The Kier molecular flexibility index (Phi) is 2.79. The van der Waals surface area contributed by atoms with E-state index >= 15 is 0 Å². The van der Waals surface area contributed by atoms with Crippen LogP contribution in [-0.4, -0.2) is 0 Å². The van der Waals surface area contributed by atoms with Gasteiger partial charge < -0.3 is 4.74 Å². The van der Waals surface area contributed by atoms with Crippen LogP contribution in [0.3, 0.4) is 0 Å². The van der Waals surface area contributed by atoms with Crippen molar-refractivity contribution >= 4 is 55.8 Å². The number of rotatable bonds is 0. The van der Waals surface area contributed by atoms with E-state index in [1.165, 1.54) is 10.8 Å². The summed E-state index contributed by atoms with van der Waals surface area (Å²) in [6, 6.07) is 25.3. The number of fused-ring (bicyclic) bond motifs is 6. The van der Waals surface area contributed by atoms with E-state index in [4.69, 9.17) is 4.74 Å². The molecule has 0 spiro atoms. The van der Waals surface area contributed by atoms with E-state index in [0.29, 0.717) is 0 Å². The molecule has 0 radical (unpaired) electrons. The Balaban J connectivity index is 1.85. The first-order valence-corrected chi connectivity index (χ1v) is 8.47. The van der Waals surface area contributed by atoms with Crippen molar-refractivity contribution in [2.45, 2.75) is 0 Å². The number of anilines is 2. The summed E-state index contributed by atoms with van der Waals surface area (Å²) in [7, 11) is 0. The third-order valence-corrected chi connectivity index (χ3v) is 5.38. The molecule has 2 nitrogen and oxygen atoms in total. The zero-order valence-electron chi connectivity index (χ0n) is 12.2. The van der Waals surface area contributed by atoms with E-state index in [9.17, 15) is 0 Å². The molecule has 0 saturated carbocycles. The molecule has 5 rings (SSSR count). The quantitative estimate of drug-likeness (QED) is 0.240. The molecule has 23 heavy (non-hydrogen) atoms. The Labute approximate surface area is 147 Å². The summed E-state index contributed by atoms with van der Waals surface area (Å²) in [5.74, 6) is 1.86. The van der Waals surface area contributed by atoms with Gasteiger partial charge in [0.15, 0.2) is 11.5 Å². The van der Waals surface area contributed by atoms with Crippen molar-refractivity contribution < 1.29 is 4.74 Å². The molecule has 0 unspecified atom stereocenters. The minimum atomic E-state index is 0.932. The fraction of sp³-hybridized carbons (Fsp3) is 0. The van der Waals surface area contributed by atoms with Crippen LogP contribution in [0, 0.1) is 0 Å². The summed E-state index contributed by atoms with van der Waals surface area (Å²) in [5.41, 5.74) is 2.18. The third-order valence-electron chi connectivity index (χ3n) is 4.34. The van der Waals surface area contributed by atoms with Gasteiger partial charge >= 0.3 is 0 Å². The molecule has 4 aromatic carbocycles. The van der Waals surface area contributed by atoms with Gasteiger partial charge in [-0.15, -0.1) is 0 Å². The molecule has 0 atom stereocenters. The monoisotopic (exact) mass is 409 g/mol. The first-order valence-electron chi connectivity index (χ1n) is 7.50. The fourth-order valence-corrected chi connectivity index (χ4v) is 3.98. The van der Waals surface area contributed by atoms with E-state index in [-0.39, 0.29) is 0 Å². The van der Waals surface area contributed by atoms with Crippen LogP contribution < -0.4 is 7.85 Å². The van der Waals surface area contributed by atoms with Gasteiger partial charge in [-0.25, -0.2) is 0 Å². The lowest BCUT2D eigenvalue weighted by Gasteiger charge is -2.29. The lowest BCUT2D eigenvalue weighted by Crippen LogP contribution is -2.10. The van der Waals surface area contributed by atoms with Crippen LogP contribution in [0.2, 0.25) is 0 Å². The Morgan fingerprint density at radius 1 is 0.609 bits per heavy atom. The normalized spacial score (nSPS) is 12.8. The largest absolute Gasteiger partial charge is 0.452 e. The van der Waals surface area contributed by atoms with E-state index in [2.05, 4.69) is 98.8 Å². The fourth-order valence-electron chi connectivity index (χ4n) is 3.22. The highest BCUT2D eigenvalue weighted by Crippen LogP contribution is 2.53. The van der Waals surface area contributed by atoms with Crippen molar-refractivity contribution in [1.82, 2.24) is 0 Å². The second-order valence-electron chi connectivity index (χ2n) is 5.65. The maximum Gasteiger partial charge on any atom is 0.159 e. The lowest BCUT2D eigenvalue weighted by atomic mass is 10.0. The van der Waals surface area contributed by atoms with E-state index in [0.717, 1.165) is 33.6 Å². The summed E-state index contributed by atoms with van der Waals surface area (Å²) < 4.78 is 8.61. The average Bonchev–Trinajstić information content (AvgIpc) is 2.61. The maximum absolute atomic E-state index is 6.43. The molecule has 0 aromatic heterocycles. The standard InChI is InChI=1S/C20H12INO/c21-22-17-11-9-13-5-1-3-7-15(13)19(17)23-20-16-8-4-2-6-14(16)10-12-18(20)22/h1-12H. The molecule has 0 N–H and O–H groups in total. The van der Waals surface area contributed by atoms with Gasteiger partial charge in [-0.2, -0.15) is 0 Å². The van der Waals surface area contributed by atoms with Crippen LogP contribution in [0.15, 0.2) is 72.8 Å². The summed E-state index contributed by atoms with van der Waals surface area (Å²) in [6.07, 6.45) is 0. The molecular weight excluding hydrogens is 397 g/mol. The van der Waals surface area contributed by atoms with Crippen LogP contribution in [0.25, 0.3) is 21.5 Å². The van der Waals surface area contributed by atoms with Crippen LogP contribution in [-0.2, 0) is 0 Å². The molecule has 0 amide bonds. The summed E-state index contributed by atoms with van der Waals surface area (Å²) in [5, 5.41) is 4.68. The van der Waals surface area contributed by atoms with Crippen LogP contribution in [0.4, 0.5) is 11.4 Å². The molecular formula is C20H12INO. The molecule has 4 aromatic rings. The van der Waals surface area contributed by atoms with Crippen molar-refractivity contribution in [2.24, 2.45) is 0 Å². The Morgan fingerprint density at radius 3 is 1.61 bits per heavy atom. The highest BCUT2D eigenvalue weighted by molar-refractivity contribution is 14.1. The van der Waals surface area contributed by atoms with Crippen molar-refractivity contribution in [3.8, 4) is 11.5 Å². The van der Waals surface area contributed by atoms with Crippen LogP contribution in [0.5, 0.6) is 11.5 Å². The number of hydrogen-bond acceptors (Lipinski definition) is 2.